The van der Waals surface area contributed by atoms with Crippen LogP contribution >= 0.6 is 0 Å². The van der Waals surface area contributed by atoms with Crippen molar-refractivity contribution in [3.05, 3.63) is 88.5 Å². The van der Waals surface area contributed by atoms with Crippen LogP contribution in [-0.4, -0.2) is 38.1 Å². The lowest BCUT2D eigenvalue weighted by atomic mass is 9.94. The lowest BCUT2D eigenvalue weighted by molar-refractivity contribution is -0.132. The summed E-state index contributed by atoms with van der Waals surface area (Å²) >= 11 is 0. The Hall–Kier alpha value is -4.26. The maximum atomic E-state index is 13.5. The van der Waals surface area contributed by atoms with Gasteiger partial charge in [-0.2, -0.15) is 0 Å². The molecule has 1 fully saturated rings. The fourth-order valence-electron chi connectivity index (χ4n) is 4.52. The van der Waals surface area contributed by atoms with E-state index in [1.807, 2.05) is 32.0 Å². The van der Waals surface area contributed by atoms with Crippen molar-refractivity contribution >= 4 is 23.1 Å². The Morgan fingerprint density at radius 3 is 2.11 bits per heavy atom. The summed E-state index contributed by atoms with van der Waals surface area (Å²) in [6.07, 6.45) is 0. The second-order valence-corrected chi connectivity index (χ2v) is 8.32. The number of Topliss-reactive ketones (excluding diaryl/α,β-unsaturated/α-hetero) is 1. The molecule has 1 aliphatic heterocycles. The third-order valence-electron chi connectivity index (χ3n) is 6.02. The van der Waals surface area contributed by atoms with Gasteiger partial charge in [-0.3, -0.25) is 14.5 Å². The van der Waals surface area contributed by atoms with Crippen LogP contribution in [-0.2, 0) is 9.59 Å². The van der Waals surface area contributed by atoms with Gasteiger partial charge >= 0.3 is 0 Å². The van der Waals surface area contributed by atoms with Crippen molar-refractivity contribution in [2.45, 2.75) is 19.9 Å². The summed E-state index contributed by atoms with van der Waals surface area (Å²) in [6, 6.07) is 16.7. The monoisotopic (exact) mass is 473 g/mol. The number of hydrogen-bond donors (Lipinski definition) is 1. The second-order valence-electron chi connectivity index (χ2n) is 8.32. The largest absolute Gasteiger partial charge is 0.507 e. The van der Waals surface area contributed by atoms with E-state index in [-0.39, 0.29) is 16.9 Å². The molecule has 0 saturated carbocycles. The number of methoxy groups -OCH3 is 3. The zero-order valence-corrected chi connectivity index (χ0v) is 20.3. The Kier molecular flexibility index (Phi) is 6.51. The molecule has 1 heterocycles. The van der Waals surface area contributed by atoms with E-state index in [0.717, 1.165) is 11.1 Å². The van der Waals surface area contributed by atoms with Crippen molar-refractivity contribution < 1.29 is 28.9 Å². The summed E-state index contributed by atoms with van der Waals surface area (Å²) in [4.78, 5) is 28.4. The number of aliphatic hydroxyl groups is 1. The third-order valence-corrected chi connectivity index (χ3v) is 6.02. The number of anilines is 1. The molecule has 1 aliphatic rings. The molecule has 3 aromatic carbocycles. The van der Waals surface area contributed by atoms with Crippen molar-refractivity contribution in [3.63, 3.8) is 0 Å². The molecule has 0 aliphatic carbocycles. The summed E-state index contributed by atoms with van der Waals surface area (Å²) in [6.45, 7) is 3.85. The zero-order chi connectivity index (χ0) is 25.3. The normalized spacial score (nSPS) is 16.9. The van der Waals surface area contributed by atoms with E-state index in [1.165, 1.54) is 26.2 Å². The highest BCUT2D eigenvalue weighted by Gasteiger charge is 2.48. The highest BCUT2D eigenvalue weighted by molar-refractivity contribution is 6.51. The van der Waals surface area contributed by atoms with Crippen LogP contribution in [0.1, 0.15) is 28.3 Å². The molecule has 1 N–H and O–H groups in total. The first-order chi connectivity index (χ1) is 16.8. The Morgan fingerprint density at radius 1 is 0.829 bits per heavy atom. The van der Waals surface area contributed by atoms with Gasteiger partial charge in [0, 0.05) is 11.3 Å². The van der Waals surface area contributed by atoms with Crippen molar-refractivity contribution in [2.24, 2.45) is 0 Å². The number of aryl methyl sites for hydroxylation is 2. The van der Waals surface area contributed by atoms with Gasteiger partial charge in [-0.15, -0.1) is 0 Å². The average Bonchev–Trinajstić information content (AvgIpc) is 3.12. The van der Waals surface area contributed by atoms with E-state index in [9.17, 15) is 14.7 Å². The van der Waals surface area contributed by atoms with Crippen LogP contribution in [0.4, 0.5) is 5.69 Å². The fraction of sp³-hybridized carbons (Fsp3) is 0.214. The molecule has 7 nitrogen and oxygen atoms in total. The molecule has 7 heteroatoms. The second kappa shape index (κ2) is 9.54. The van der Waals surface area contributed by atoms with Crippen molar-refractivity contribution in [1.82, 2.24) is 0 Å². The summed E-state index contributed by atoms with van der Waals surface area (Å²) in [7, 11) is 4.48. The average molecular weight is 474 g/mol. The van der Waals surface area contributed by atoms with E-state index < -0.39 is 17.7 Å². The van der Waals surface area contributed by atoms with Crippen molar-refractivity contribution in [2.75, 3.05) is 26.2 Å². The number of ether oxygens (including phenoxy) is 3. The number of rotatable bonds is 6. The van der Waals surface area contributed by atoms with Gasteiger partial charge in [0.15, 0.2) is 0 Å². The molecule has 1 unspecified atom stereocenters. The van der Waals surface area contributed by atoms with Gasteiger partial charge in [-0.05, 0) is 61.4 Å². The first-order valence-electron chi connectivity index (χ1n) is 11.0. The Bertz CT molecular complexity index is 1320. The molecule has 0 radical (unpaired) electrons. The van der Waals surface area contributed by atoms with Gasteiger partial charge in [0.2, 0.25) is 0 Å². The van der Waals surface area contributed by atoms with Crippen LogP contribution < -0.4 is 19.1 Å². The minimum absolute atomic E-state index is 0.0646. The number of nitrogens with zero attached hydrogens (tertiary/aromatic N) is 1. The molecule has 0 aromatic heterocycles. The van der Waals surface area contributed by atoms with Crippen LogP contribution in [0.15, 0.2) is 66.2 Å². The van der Waals surface area contributed by atoms with Crippen LogP contribution in [0, 0.1) is 13.8 Å². The highest BCUT2D eigenvalue weighted by atomic mass is 16.5. The Labute approximate surface area is 204 Å². The summed E-state index contributed by atoms with van der Waals surface area (Å²) < 4.78 is 16.3. The molecule has 4 rings (SSSR count). The molecule has 1 amide bonds. The fourth-order valence-corrected chi connectivity index (χ4v) is 4.52. The Balaban J connectivity index is 2.04. The van der Waals surface area contributed by atoms with E-state index in [2.05, 4.69) is 0 Å². The van der Waals surface area contributed by atoms with Gasteiger partial charge in [0.05, 0.1) is 38.5 Å². The minimum Gasteiger partial charge on any atom is -0.507 e. The maximum absolute atomic E-state index is 13.5. The van der Waals surface area contributed by atoms with Gasteiger partial charge in [-0.25, -0.2) is 0 Å². The predicted octanol–water partition coefficient (Wildman–Crippen LogP) is 4.96. The molecule has 1 saturated heterocycles. The predicted molar refractivity (Wildman–Crippen MR) is 133 cm³/mol. The number of aliphatic hydroxyl groups excluding tert-OH is 1. The van der Waals surface area contributed by atoms with Gasteiger partial charge in [0.25, 0.3) is 11.7 Å². The lowest BCUT2D eigenvalue weighted by Crippen LogP contribution is -2.29. The van der Waals surface area contributed by atoms with Crippen LogP contribution in [0.3, 0.4) is 0 Å². The van der Waals surface area contributed by atoms with Crippen molar-refractivity contribution in [3.8, 4) is 17.2 Å². The number of carbonyl (C=O) groups is 2. The third kappa shape index (κ3) is 4.21. The number of amides is 1. The van der Waals surface area contributed by atoms with E-state index in [4.69, 9.17) is 14.2 Å². The summed E-state index contributed by atoms with van der Waals surface area (Å²) in [5.41, 5.74) is 3.18. The quantitative estimate of drug-likeness (QED) is 0.310. The van der Waals surface area contributed by atoms with E-state index in [1.54, 1.807) is 42.5 Å². The number of ketones is 1. The maximum Gasteiger partial charge on any atom is 0.300 e. The van der Waals surface area contributed by atoms with Crippen LogP contribution in [0.25, 0.3) is 5.76 Å². The molecular formula is C28H27NO6. The SMILES string of the molecule is COc1ccc(OC)c(/C(O)=C2\C(=O)C(=O)N(c3cc(C)cc(C)c3)C2c2ccccc2OC)c1. The van der Waals surface area contributed by atoms with E-state index >= 15 is 0 Å². The molecule has 3 aromatic rings. The highest BCUT2D eigenvalue weighted by Crippen LogP contribution is 2.46. The first-order valence-corrected chi connectivity index (χ1v) is 11.0. The molecule has 180 valence electrons. The molecule has 0 bridgehead atoms. The zero-order valence-electron chi connectivity index (χ0n) is 20.3. The number of carbonyl (C=O) groups excluding carboxylic acids is 2. The van der Waals surface area contributed by atoms with Crippen LogP contribution in [0.5, 0.6) is 17.2 Å². The number of hydrogen-bond acceptors (Lipinski definition) is 6. The van der Waals surface area contributed by atoms with Gasteiger partial charge < -0.3 is 19.3 Å². The van der Waals surface area contributed by atoms with Gasteiger partial charge in [0.1, 0.15) is 23.0 Å². The smallest absolute Gasteiger partial charge is 0.300 e. The molecule has 1 atom stereocenters. The standard InChI is InChI=1S/C28H27NO6/c1-16-12-17(2)14-18(13-16)29-25(20-8-6-7-9-22(20)34-4)24(27(31)28(29)32)26(30)21-15-19(33-3)10-11-23(21)35-5/h6-15,25,30H,1-5H3/b26-24+. The van der Waals surface area contributed by atoms with Gasteiger partial charge in [-0.1, -0.05) is 24.3 Å². The van der Waals surface area contributed by atoms with Crippen LogP contribution in [0.2, 0.25) is 0 Å². The van der Waals surface area contributed by atoms with Crippen molar-refractivity contribution in [1.29, 1.82) is 0 Å². The lowest BCUT2D eigenvalue weighted by Gasteiger charge is -2.27. The molecular weight excluding hydrogens is 446 g/mol. The number of benzene rings is 3. The first kappa shape index (κ1) is 23.9. The van der Waals surface area contributed by atoms with E-state index in [0.29, 0.717) is 28.5 Å². The Morgan fingerprint density at radius 2 is 1.49 bits per heavy atom. The summed E-state index contributed by atoms with van der Waals surface area (Å²) in [5.74, 6) is -0.625. The number of para-hydroxylation sites is 1. The minimum atomic E-state index is -0.928. The summed E-state index contributed by atoms with van der Waals surface area (Å²) in [5, 5.41) is 11.5. The molecule has 0 spiro atoms. The molecule has 35 heavy (non-hydrogen) atoms. The topological polar surface area (TPSA) is 85.3 Å².